The molecule has 0 radical (unpaired) electrons. The predicted octanol–water partition coefficient (Wildman–Crippen LogP) is 5.39. The summed E-state index contributed by atoms with van der Waals surface area (Å²) < 4.78 is 18.7. The maximum absolute atomic E-state index is 13.2. The van der Waals surface area contributed by atoms with Gasteiger partial charge in [-0.1, -0.05) is 48.5 Å². The van der Waals surface area contributed by atoms with Crippen LogP contribution in [0.4, 0.5) is 4.39 Å². The third-order valence-electron chi connectivity index (χ3n) is 5.98. The topological polar surface area (TPSA) is 15.7 Å². The van der Waals surface area contributed by atoms with Crippen LogP contribution in [0.3, 0.4) is 0 Å². The number of likely N-dealkylation sites (tertiary alicyclic amines) is 2. The average Bonchev–Trinajstić information content (AvgIpc) is 3.25. The minimum absolute atomic E-state index is 0.181. The second-order valence-electron chi connectivity index (χ2n) is 7.70. The van der Waals surface area contributed by atoms with E-state index in [1.807, 2.05) is 21.0 Å². The molecule has 2 fully saturated rings. The van der Waals surface area contributed by atoms with E-state index < -0.39 is 6.17 Å². The summed E-state index contributed by atoms with van der Waals surface area (Å²) in [5, 5.41) is 0. The van der Waals surface area contributed by atoms with E-state index in [4.69, 9.17) is 4.74 Å². The second-order valence-corrected chi connectivity index (χ2v) is 7.70. The van der Waals surface area contributed by atoms with Crippen LogP contribution < -0.4 is 0 Å². The molecule has 2 heterocycles. The number of nitrogens with zero attached hydrogens (tertiary/aromatic N) is 2. The van der Waals surface area contributed by atoms with Gasteiger partial charge >= 0.3 is 0 Å². The van der Waals surface area contributed by atoms with Gasteiger partial charge in [0.1, 0.15) is 6.17 Å². The SMILES string of the molecule is CC.CCC(C)N1CCC(OC)C1CC.CCN1CCC(F)C1C(C)C. The van der Waals surface area contributed by atoms with E-state index in [0.29, 0.717) is 24.1 Å². The largest absolute Gasteiger partial charge is 0.380 e. The lowest BCUT2D eigenvalue weighted by molar-refractivity contribution is 0.0528. The highest BCUT2D eigenvalue weighted by Crippen LogP contribution is 2.26. The Balaban J connectivity index is 0.000000444. The zero-order valence-corrected chi connectivity index (χ0v) is 19.1. The van der Waals surface area contributed by atoms with E-state index in [0.717, 1.165) is 19.5 Å². The summed E-state index contributed by atoms with van der Waals surface area (Å²) in [4.78, 5) is 4.85. The van der Waals surface area contributed by atoms with Crippen LogP contribution in [0.25, 0.3) is 0 Å². The molecule has 0 aliphatic carbocycles. The van der Waals surface area contributed by atoms with Gasteiger partial charge in [0.15, 0.2) is 0 Å². The van der Waals surface area contributed by atoms with Crippen LogP contribution in [0.5, 0.6) is 0 Å². The Bertz CT molecular complexity index is 340. The van der Waals surface area contributed by atoms with E-state index in [-0.39, 0.29) is 6.04 Å². The van der Waals surface area contributed by atoms with E-state index >= 15 is 0 Å². The van der Waals surface area contributed by atoms with Crippen molar-refractivity contribution in [1.82, 2.24) is 9.80 Å². The summed E-state index contributed by atoms with van der Waals surface area (Å²) in [6, 6.07) is 1.55. The first-order valence-electron chi connectivity index (χ1n) is 11.1. The van der Waals surface area contributed by atoms with Gasteiger partial charge in [0, 0.05) is 38.3 Å². The summed E-state index contributed by atoms with van der Waals surface area (Å²) in [6.07, 6.45) is 4.28. The van der Waals surface area contributed by atoms with Crippen molar-refractivity contribution in [1.29, 1.82) is 0 Å². The number of alkyl halides is 1. The Morgan fingerprint density at radius 2 is 1.65 bits per heavy atom. The number of hydrogen-bond acceptors (Lipinski definition) is 3. The fraction of sp³-hybridized carbons (Fsp3) is 1.00. The Morgan fingerprint density at radius 3 is 2.04 bits per heavy atom. The third kappa shape index (κ3) is 7.09. The number of ether oxygens (including phenoxy) is 1. The number of halogens is 1. The highest BCUT2D eigenvalue weighted by Gasteiger charge is 2.35. The van der Waals surface area contributed by atoms with E-state index in [1.165, 1.54) is 25.8 Å². The Kier molecular flexibility index (Phi) is 13.8. The zero-order chi connectivity index (χ0) is 20.3. The summed E-state index contributed by atoms with van der Waals surface area (Å²) >= 11 is 0. The van der Waals surface area contributed by atoms with Crippen LogP contribution in [0.2, 0.25) is 0 Å². The molecule has 5 atom stereocenters. The molecule has 26 heavy (non-hydrogen) atoms. The monoisotopic (exact) mass is 374 g/mol. The van der Waals surface area contributed by atoms with Gasteiger partial charge in [-0.25, -0.2) is 4.39 Å². The van der Waals surface area contributed by atoms with Gasteiger partial charge in [-0.2, -0.15) is 0 Å². The molecule has 5 unspecified atom stereocenters. The molecule has 2 aliphatic heterocycles. The fourth-order valence-electron chi connectivity index (χ4n) is 4.45. The predicted molar refractivity (Wildman–Crippen MR) is 113 cm³/mol. The molecular formula is C22H47FN2O. The quantitative estimate of drug-likeness (QED) is 0.620. The molecule has 3 nitrogen and oxygen atoms in total. The molecule has 0 N–H and O–H groups in total. The van der Waals surface area contributed by atoms with Gasteiger partial charge in [-0.05, 0) is 45.1 Å². The molecule has 0 spiro atoms. The van der Waals surface area contributed by atoms with E-state index in [1.54, 1.807) is 0 Å². The van der Waals surface area contributed by atoms with Crippen molar-refractivity contribution in [3.8, 4) is 0 Å². The lowest BCUT2D eigenvalue weighted by Crippen LogP contribution is -2.40. The Hall–Kier alpha value is -0.190. The molecule has 0 aromatic carbocycles. The van der Waals surface area contributed by atoms with E-state index in [9.17, 15) is 4.39 Å². The first-order chi connectivity index (χ1) is 12.4. The van der Waals surface area contributed by atoms with Gasteiger partial charge in [-0.15, -0.1) is 0 Å². The molecule has 4 heteroatoms. The Labute approximate surface area is 163 Å². The van der Waals surface area contributed by atoms with Crippen LogP contribution in [-0.2, 0) is 4.74 Å². The molecule has 2 aliphatic rings. The van der Waals surface area contributed by atoms with Crippen LogP contribution in [0.15, 0.2) is 0 Å². The van der Waals surface area contributed by atoms with Crippen LogP contribution in [0.1, 0.15) is 81.1 Å². The molecule has 158 valence electrons. The van der Waals surface area contributed by atoms with Crippen molar-refractivity contribution in [2.75, 3.05) is 26.7 Å². The van der Waals surface area contributed by atoms with Gasteiger partial charge in [0.05, 0.1) is 6.10 Å². The molecule has 2 rings (SSSR count). The molecular weight excluding hydrogens is 327 g/mol. The standard InChI is InChI=1S/C11H23NO.C9H18FN.C2H6/c1-5-9(3)12-8-7-11(13-4)10(12)6-2;1-4-11-6-5-8(10)9(11)7(2)3;1-2/h9-11H,5-8H2,1-4H3;7-9H,4-6H2,1-3H3;1-2H3. The zero-order valence-electron chi connectivity index (χ0n) is 19.1. The van der Waals surface area contributed by atoms with Crippen molar-refractivity contribution >= 4 is 0 Å². The van der Waals surface area contributed by atoms with Crippen molar-refractivity contribution in [2.45, 2.75) is 111 Å². The van der Waals surface area contributed by atoms with Crippen molar-refractivity contribution in [3.05, 3.63) is 0 Å². The molecule has 2 saturated heterocycles. The summed E-state index contributed by atoms with van der Waals surface area (Å²) in [7, 11) is 1.84. The average molecular weight is 375 g/mol. The summed E-state index contributed by atoms with van der Waals surface area (Å²) in [5.74, 6) is 0.451. The van der Waals surface area contributed by atoms with E-state index in [2.05, 4.69) is 51.3 Å². The normalized spacial score (nSPS) is 30.6. The van der Waals surface area contributed by atoms with Crippen molar-refractivity contribution < 1.29 is 9.13 Å². The minimum atomic E-state index is -0.588. The first-order valence-corrected chi connectivity index (χ1v) is 11.1. The Morgan fingerprint density at radius 1 is 1.04 bits per heavy atom. The van der Waals surface area contributed by atoms with Crippen molar-refractivity contribution in [2.24, 2.45) is 5.92 Å². The number of hydrogen-bond donors (Lipinski definition) is 0. The molecule has 0 bridgehead atoms. The smallest absolute Gasteiger partial charge is 0.117 e. The highest BCUT2D eigenvalue weighted by molar-refractivity contribution is 4.89. The van der Waals surface area contributed by atoms with Gasteiger partial charge in [-0.3, -0.25) is 9.80 Å². The lowest BCUT2D eigenvalue weighted by atomic mass is 10.0. The molecule has 0 aromatic heterocycles. The van der Waals surface area contributed by atoms with Crippen LogP contribution >= 0.6 is 0 Å². The first kappa shape index (κ1) is 25.8. The van der Waals surface area contributed by atoms with Gasteiger partial charge in [0.25, 0.3) is 0 Å². The number of rotatable bonds is 6. The summed E-state index contributed by atoms with van der Waals surface area (Å²) in [5.41, 5.74) is 0. The van der Waals surface area contributed by atoms with Crippen molar-refractivity contribution in [3.63, 3.8) is 0 Å². The molecule has 0 aromatic rings. The molecule has 0 amide bonds. The van der Waals surface area contributed by atoms with Crippen LogP contribution in [-0.4, -0.2) is 66.9 Å². The maximum atomic E-state index is 13.2. The fourth-order valence-corrected chi connectivity index (χ4v) is 4.45. The highest BCUT2D eigenvalue weighted by atomic mass is 19.1. The number of methoxy groups -OCH3 is 1. The summed E-state index contributed by atoms with van der Waals surface area (Å²) in [6.45, 7) is 20.3. The second kappa shape index (κ2) is 13.9. The lowest BCUT2D eigenvalue weighted by Gasteiger charge is -2.31. The van der Waals surface area contributed by atoms with Gasteiger partial charge < -0.3 is 4.74 Å². The third-order valence-corrected chi connectivity index (χ3v) is 5.98. The molecule has 0 saturated carbocycles. The minimum Gasteiger partial charge on any atom is -0.380 e. The van der Waals surface area contributed by atoms with Crippen LogP contribution in [0, 0.1) is 5.92 Å². The maximum Gasteiger partial charge on any atom is 0.117 e. The van der Waals surface area contributed by atoms with Gasteiger partial charge in [0.2, 0.25) is 0 Å².